The SMILES string of the molecule is CC(C)(C)CC(C)(C)NC(=O)C1(C)CCNCC1. The van der Waals surface area contributed by atoms with E-state index in [0.717, 1.165) is 32.4 Å². The van der Waals surface area contributed by atoms with Gasteiger partial charge in [-0.1, -0.05) is 27.7 Å². The van der Waals surface area contributed by atoms with Crippen molar-refractivity contribution in [2.45, 2.75) is 66.3 Å². The lowest BCUT2D eigenvalue weighted by atomic mass is 9.77. The molecular weight excluding hydrogens is 224 g/mol. The van der Waals surface area contributed by atoms with Gasteiger partial charge in [0.2, 0.25) is 5.91 Å². The van der Waals surface area contributed by atoms with Crippen LogP contribution in [0.25, 0.3) is 0 Å². The second kappa shape index (κ2) is 5.20. The summed E-state index contributed by atoms with van der Waals surface area (Å²) in [7, 11) is 0. The molecule has 0 saturated carbocycles. The first kappa shape index (κ1) is 15.5. The zero-order valence-corrected chi connectivity index (χ0v) is 12.9. The summed E-state index contributed by atoms with van der Waals surface area (Å²) in [5.74, 6) is 0.221. The average molecular weight is 254 g/mol. The van der Waals surface area contributed by atoms with Crippen molar-refractivity contribution in [3.05, 3.63) is 0 Å². The summed E-state index contributed by atoms with van der Waals surface area (Å²) in [6.07, 6.45) is 2.86. The van der Waals surface area contributed by atoms with Crippen LogP contribution in [-0.2, 0) is 4.79 Å². The maximum absolute atomic E-state index is 12.5. The topological polar surface area (TPSA) is 41.1 Å². The number of hydrogen-bond acceptors (Lipinski definition) is 2. The largest absolute Gasteiger partial charge is 0.351 e. The number of piperidine rings is 1. The van der Waals surface area contributed by atoms with Crippen molar-refractivity contribution in [2.75, 3.05) is 13.1 Å². The van der Waals surface area contributed by atoms with Gasteiger partial charge >= 0.3 is 0 Å². The van der Waals surface area contributed by atoms with E-state index in [4.69, 9.17) is 0 Å². The summed E-state index contributed by atoms with van der Waals surface area (Å²) in [5.41, 5.74) is -0.102. The molecule has 1 rings (SSSR count). The highest BCUT2D eigenvalue weighted by molar-refractivity contribution is 5.83. The summed E-state index contributed by atoms with van der Waals surface area (Å²) in [5, 5.41) is 6.57. The minimum absolute atomic E-state index is 0.136. The monoisotopic (exact) mass is 254 g/mol. The molecule has 0 radical (unpaired) electrons. The van der Waals surface area contributed by atoms with E-state index in [1.54, 1.807) is 0 Å². The molecular formula is C15H30N2O. The fraction of sp³-hybridized carbons (Fsp3) is 0.933. The molecule has 0 aliphatic carbocycles. The molecule has 0 aromatic carbocycles. The zero-order chi connectivity index (χ0) is 14.0. The molecule has 0 atom stereocenters. The van der Waals surface area contributed by atoms with Crippen molar-refractivity contribution in [3.63, 3.8) is 0 Å². The van der Waals surface area contributed by atoms with E-state index < -0.39 is 0 Å². The normalized spacial score (nSPS) is 20.6. The molecule has 1 aliphatic rings. The number of hydrogen-bond donors (Lipinski definition) is 2. The lowest BCUT2D eigenvalue weighted by Gasteiger charge is -2.39. The van der Waals surface area contributed by atoms with Gasteiger partial charge in [0, 0.05) is 11.0 Å². The van der Waals surface area contributed by atoms with Gasteiger partial charge in [0.25, 0.3) is 0 Å². The van der Waals surface area contributed by atoms with Crippen molar-refractivity contribution in [2.24, 2.45) is 10.8 Å². The van der Waals surface area contributed by atoms with E-state index in [1.807, 2.05) is 0 Å². The van der Waals surface area contributed by atoms with Crippen LogP contribution in [0, 0.1) is 10.8 Å². The standard InChI is InChI=1S/C15H30N2O/c1-13(2,3)11-14(4,5)17-12(18)15(6)7-9-16-10-8-15/h16H,7-11H2,1-6H3,(H,17,18). The van der Waals surface area contributed by atoms with Gasteiger partial charge in [-0.3, -0.25) is 4.79 Å². The Bertz CT molecular complexity index is 296. The summed E-state index contributed by atoms with van der Waals surface area (Å²) in [6, 6.07) is 0. The van der Waals surface area contributed by atoms with Crippen molar-refractivity contribution in [3.8, 4) is 0 Å². The van der Waals surface area contributed by atoms with Crippen LogP contribution in [0.5, 0.6) is 0 Å². The van der Waals surface area contributed by atoms with Gasteiger partial charge in [0.15, 0.2) is 0 Å². The van der Waals surface area contributed by atoms with Crippen molar-refractivity contribution in [1.82, 2.24) is 10.6 Å². The zero-order valence-electron chi connectivity index (χ0n) is 12.9. The van der Waals surface area contributed by atoms with E-state index in [1.165, 1.54) is 0 Å². The van der Waals surface area contributed by atoms with Gasteiger partial charge in [-0.15, -0.1) is 0 Å². The fourth-order valence-corrected chi connectivity index (χ4v) is 3.03. The van der Waals surface area contributed by atoms with Crippen LogP contribution < -0.4 is 10.6 Å². The highest BCUT2D eigenvalue weighted by Crippen LogP contribution is 2.31. The first-order valence-electron chi connectivity index (χ1n) is 7.08. The Labute approximate surface area is 112 Å². The van der Waals surface area contributed by atoms with Crippen LogP contribution in [0.15, 0.2) is 0 Å². The van der Waals surface area contributed by atoms with E-state index in [9.17, 15) is 4.79 Å². The molecule has 0 aromatic rings. The molecule has 18 heavy (non-hydrogen) atoms. The van der Waals surface area contributed by atoms with Crippen LogP contribution in [0.3, 0.4) is 0 Å². The quantitative estimate of drug-likeness (QED) is 0.813. The first-order chi connectivity index (χ1) is 8.04. The smallest absolute Gasteiger partial charge is 0.226 e. The van der Waals surface area contributed by atoms with Gasteiger partial charge in [0.05, 0.1) is 0 Å². The van der Waals surface area contributed by atoms with Crippen LogP contribution in [0.4, 0.5) is 0 Å². The maximum Gasteiger partial charge on any atom is 0.226 e. The van der Waals surface area contributed by atoms with Crippen molar-refractivity contribution < 1.29 is 4.79 Å². The molecule has 3 nitrogen and oxygen atoms in total. The van der Waals surface area contributed by atoms with Gasteiger partial charge in [-0.25, -0.2) is 0 Å². The van der Waals surface area contributed by atoms with Crippen molar-refractivity contribution >= 4 is 5.91 Å². The Morgan fingerprint density at radius 2 is 1.67 bits per heavy atom. The predicted octanol–water partition coefficient (Wildman–Crippen LogP) is 2.71. The maximum atomic E-state index is 12.5. The molecule has 1 fully saturated rings. The lowest BCUT2D eigenvalue weighted by Crippen LogP contribution is -2.53. The Morgan fingerprint density at radius 3 is 2.11 bits per heavy atom. The number of carbonyl (C=O) groups excluding carboxylic acids is 1. The summed E-state index contributed by atoms with van der Waals surface area (Å²) in [6.45, 7) is 14.9. The molecule has 0 bridgehead atoms. The Balaban J connectivity index is 2.63. The van der Waals surface area contributed by atoms with E-state index >= 15 is 0 Å². The number of nitrogens with one attached hydrogen (secondary N) is 2. The number of rotatable bonds is 3. The van der Waals surface area contributed by atoms with Gasteiger partial charge in [0.1, 0.15) is 0 Å². The van der Waals surface area contributed by atoms with E-state index in [0.29, 0.717) is 0 Å². The number of carbonyl (C=O) groups is 1. The van der Waals surface area contributed by atoms with Gasteiger partial charge in [-0.2, -0.15) is 0 Å². The second-order valence-electron chi connectivity index (χ2n) is 7.89. The molecule has 1 amide bonds. The van der Waals surface area contributed by atoms with Gasteiger partial charge in [-0.05, 0) is 51.6 Å². The molecule has 106 valence electrons. The van der Waals surface area contributed by atoms with Crippen LogP contribution in [0.2, 0.25) is 0 Å². The fourth-order valence-electron chi connectivity index (χ4n) is 3.03. The molecule has 0 aromatic heterocycles. The van der Waals surface area contributed by atoms with E-state index in [2.05, 4.69) is 52.2 Å². The molecule has 1 aliphatic heterocycles. The highest BCUT2D eigenvalue weighted by atomic mass is 16.2. The Kier molecular flexibility index (Phi) is 4.47. The minimum Gasteiger partial charge on any atom is -0.351 e. The number of amides is 1. The molecule has 2 N–H and O–H groups in total. The third kappa shape index (κ3) is 4.60. The predicted molar refractivity (Wildman–Crippen MR) is 76.5 cm³/mol. The molecule has 1 saturated heterocycles. The summed E-state index contributed by atoms with van der Waals surface area (Å²) >= 11 is 0. The first-order valence-corrected chi connectivity index (χ1v) is 7.08. The highest BCUT2D eigenvalue weighted by Gasteiger charge is 2.37. The van der Waals surface area contributed by atoms with Crippen LogP contribution in [-0.4, -0.2) is 24.5 Å². The Morgan fingerprint density at radius 1 is 1.17 bits per heavy atom. The van der Waals surface area contributed by atoms with Crippen LogP contribution >= 0.6 is 0 Å². The van der Waals surface area contributed by atoms with E-state index in [-0.39, 0.29) is 22.3 Å². The van der Waals surface area contributed by atoms with Crippen LogP contribution in [0.1, 0.15) is 60.8 Å². The molecule has 0 spiro atoms. The third-order valence-corrected chi connectivity index (χ3v) is 3.68. The van der Waals surface area contributed by atoms with Crippen molar-refractivity contribution in [1.29, 1.82) is 0 Å². The summed E-state index contributed by atoms with van der Waals surface area (Å²) < 4.78 is 0. The summed E-state index contributed by atoms with van der Waals surface area (Å²) in [4.78, 5) is 12.5. The molecule has 0 unspecified atom stereocenters. The lowest BCUT2D eigenvalue weighted by molar-refractivity contribution is -0.133. The molecule has 3 heteroatoms. The second-order valence-corrected chi connectivity index (χ2v) is 7.89. The van der Waals surface area contributed by atoms with Gasteiger partial charge < -0.3 is 10.6 Å². The molecule has 1 heterocycles. The average Bonchev–Trinajstić information content (AvgIpc) is 2.13. The third-order valence-electron chi connectivity index (χ3n) is 3.68. The minimum atomic E-state index is -0.194. The Hall–Kier alpha value is -0.570.